The molecule has 1 aromatic carbocycles. The molecule has 0 bridgehead atoms. The number of benzene rings is 1. The predicted molar refractivity (Wildman–Crippen MR) is 79.3 cm³/mol. The predicted octanol–water partition coefficient (Wildman–Crippen LogP) is 4.17. The fraction of sp³-hybridized carbons (Fsp3) is 0.588. The van der Waals surface area contributed by atoms with E-state index in [-0.39, 0.29) is 5.78 Å². The van der Waals surface area contributed by atoms with Crippen LogP contribution < -0.4 is 0 Å². The summed E-state index contributed by atoms with van der Waals surface area (Å²) >= 11 is 0. The van der Waals surface area contributed by atoms with E-state index in [1.807, 2.05) is 32.0 Å². The Balaban J connectivity index is 2.91. The van der Waals surface area contributed by atoms with Crippen molar-refractivity contribution in [1.82, 2.24) is 0 Å². The van der Waals surface area contributed by atoms with E-state index in [2.05, 4.69) is 19.1 Å². The first-order chi connectivity index (χ1) is 9.18. The van der Waals surface area contributed by atoms with Crippen molar-refractivity contribution in [3.05, 3.63) is 35.9 Å². The van der Waals surface area contributed by atoms with E-state index in [9.17, 15) is 4.79 Å². The Morgan fingerprint density at radius 3 is 2.32 bits per heavy atom. The first-order valence-electron chi connectivity index (χ1n) is 7.39. The zero-order chi connectivity index (χ0) is 14.1. The van der Waals surface area contributed by atoms with Gasteiger partial charge in [-0.3, -0.25) is 4.79 Å². The van der Waals surface area contributed by atoms with Gasteiger partial charge in [0, 0.05) is 19.4 Å². The van der Waals surface area contributed by atoms with Gasteiger partial charge >= 0.3 is 0 Å². The van der Waals surface area contributed by atoms with Gasteiger partial charge in [-0.15, -0.1) is 0 Å². The van der Waals surface area contributed by atoms with Crippen LogP contribution in [-0.2, 0) is 16.0 Å². The van der Waals surface area contributed by atoms with E-state index >= 15 is 0 Å². The molecule has 0 radical (unpaired) electrons. The van der Waals surface area contributed by atoms with E-state index < -0.39 is 5.60 Å². The fourth-order valence-corrected chi connectivity index (χ4v) is 2.33. The average Bonchev–Trinajstić information content (AvgIpc) is 2.45. The Labute approximate surface area is 117 Å². The molecule has 0 aliphatic heterocycles. The molecule has 0 spiro atoms. The molecule has 0 heterocycles. The second-order valence-electron chi connectivity index (χ2n) is 5.03. The lowest BCUT2D eigenvalue weighted by Gasteiger charge is -2.32. The zero-order valence-corrected chi connectivity index (χ0v) is 12.4. The SMILES string of the molecule is CCCOC(CC)(Cc1ccccc1)C(=O)CCC. The number of ketones is 1. The highest BCUT2D eigenvalue weighted by Crippen LogP contribution is 2.25. The third-order valence-corrected chi connectivity index (χ3v) is 3.47. The number of hydrogen-bond acceptors (Lipinski definition) is 2. The van der Waals surface area contributed by atoms with Gasteiger partial charge in [0.1, 0.15) is 5.60 Å². The third kappa shape index (κ3) is 4.46. The van der Waals surface area contributed by atoms with Crippen molar-refractivity contribution in [2.24, 2.45) is 0 Å². The van der Waals surface area contributed by atoms with Crippen molar-refractivity contribution in [2.75, 3.05) is 6.61 Å². The first kappa shape index (κ1) is 15.9. The Hall–Kier alpha value is -1.15. The molecule has 19 heavy (non-hydrogen) atoms. The summed E-state index contributed by atoms with van der Waals surface area (Å²) in [7, 11) is 0. The number of carbonyl (C=O) groups is 1. The van der Waals surface area contributed by atoms with Crippen LogP contribution in [0.4, 0.5) is 0 Å². The molecule has 106 valence electrons. The van der Waals surface area contributed by atoms with Crippen molar-refractivity contribution in [3.8, 4) is 0 Å². The lowest BCUT2D eigenvalue weighted by molar-refractivity contribution is -0.145. The highest BCUT2D eigenvalue weighted by atomic mass is 16.5. The zero-order valence-electron chi connectivity index (χ0n) is 12.4. The van der Waals surface area contributed by atoms with Crippen LogP contribution in [0.1, 0.15) is 52.0 Å². The lowest BCUT2D eigenvalue weighted by Crippen LogP contribution is -2.43. The van der Waals surface area contributed by atoms with E-state index in [0.29, 0.717) is 19.4 Å². The molecule has 2 heteroatoms. The van der Waals surface area contributed by atoms with Gasteiger partial charge in [-0.2, -0.15) is 0 Å². The molecule has 0 aliphatic carbocycles. The normalized spacial score (nSPS) is 14.1. The lowest BCUT2D eigenvalue weighted by atomic mass is 9.85. The fourth-order valence-electron chi connectivity index (χ4n) is 2.33. The summed E-state index contributed by atoms with van der Waals surface area (Å²) in [6.07, 6.45) is 3.84. The molecule has 1 unspecified atom stereocenters. The van der Waals surface area contributed by atoms with Crippen LogP contribution in [0.15, 0.2) is 30.3 Å². The Morgan fingerprint density at radius 1 is 1.11 bits per heavy atom. The number of rotatable bonds is 9. The summed E-state index contributed by atoms with van der Waals surface area (Å²) in [5.74, 6) is 0.245. The van der Waals surface area contributed by atoms with Gasteiger partial charge in [-0.25, -0.2) is 0 Å². The third-order valence-electron chi connectivity index (χ3n) is 3.47. The average molecular weight is 262 g/mol. The molecule has 0 amide bonds. The molecule has 1 aromatic rings. The van der Waals surface area contributed by atoms with E-state index in [4.69, 9.17) is 4.74 Å². The van der Waals surface area contributed by atoms with Crippen LogP contribution >= 0.6 is 0 Å². The Kier molecular flexibility index (Phi) is 6.79. The van der Waals surface area contributed by atoms with Crippen LogP contribution in [0.25, 0.3) is 0 Å². The van der Waals surface area contributed by atoms with Crippen LogP contribution in [0.2, 0.25) is 0 Å². The molecular weight excluding hydrogens is 236 g/mol. The standard InChI is InChI=1S/C17H26O2/c1-4-10-16(18)17(6-3,19-13-5-2)14-15-11-8-7-9-12-15/h7-9,11-12H,4-6,10,13-14H2,1-3H3. The minimum atomic E-state index is -0.632. The molecule has 0 fully saturated rings. The summed E-state index contributed by atoms with van der Waals surface area (Å²) < 4.78 is 6.00. The maximum absolute atomic E-state index is 12.5. The van der Waals surface area contributed by atoms with Crippen molar-refractivity contribution >= 4 is 5.78 Å². The molecule has 0 saturated heterocycles. The smallest absolute Gasteiger partial charge is 0.164 e. The second-order valence-corrected chi connectivity index (χ2v) is 5.03. The van der Waals surface area contributed by atoms with Gasteiger partial charge in [0.05, 0.1) is 0 Å². The Morgan fingerprint density at radius 2 is 1.79 bits per heavy atom. The van der Waals surface area contributed by atoms with Crippen molar-refractivity contribution in [1.29, 1.82) is 0 Å². The van der Waals surface area contributed by atoms with Crippen LogP contribution in [0.5, 0.6) is 0 Å². The summed E-state index contributed by atoms with van der Waals surface area (Å²) in [5.41, 5.74) is 0.540. The first-order valence-corrected chi connectivity index (χ1v) is 7.39. The Bertz CT molecular complexity index is 372. The maximum Gasteiger partial charge on any atom is 0.164 e. The van der Waals surface area contributed by atoms with E-state index in [1.54, 1.807) is 0 Å². The van der Waals surface area contributed by atoms with E-state index in [0.717, 1.165) is 19.3 Å². The number of hydrogen-bond donors (Lipinski definition) is 0. The molecule has 1 atom stereocenters. The van der Waals surface area contributed by atoms with Gasteiger partial charge in [0.15, 0.2) is 5.78 Å². The van der Waals surface area contributed by atoms with Gasteiger partial charge in [-0.05, 0) is 24.8 Å². The molecular formula is C17H26O2. The molecule has 0 saturated carbocycles. The minimum Gasteiger partial charge on any atom is -0.367 e. The summed E-state index contributed by atoms with van der Waals surface area (Å²) in [4.78, 5) is 12.5. The second kappa shape index (κ2) is 8.11. The van der Waals surface area contributed by atoms with Crippen LogP contribution in [0, 0.1) is 0 Å². The highest BCUT2D eigenvalue weighted by molar-refractivity contribution is 5.87. The van der Waals surface area contributed by atoms with Crippen molar-refractivity contribution in [2.45, 2.75) is 58.5 Å². The number of ether oxygens (including phenoxy) is 1. The van der Waals surface area contributed by atoms with Crippen molar-refractivity contribution < 1.29 is 9.53 Å². The molecule has 0 aromatic heterocycles. The largest absolute Gasteiger partial charge is 0.367 e. The topological polar surface area (TPSA) is 26.3 Å². The summed E-state index contributed by atoms with van der Waals surface area (Å²) in [5, 5.41) is 0. The molecule has 0 aliphatic rings. The van der Waals surface area contributed by atoms with Crippen LogP contribution in [0.3, 0.4) is 0 Å². The van der Waals surface area contributed by atoms with E-state index in [1.165, 1.54) is 5.56 Å². The number of Topliss-reactive ketones (excluding diaryl/α,β-unsaturated/α-hetero) is 1. The molecule has 0 N–H and O–H groups in total. The van der Waals surface area contributed by atoms with Gasteiger partial charge in [-0.1, -0.05) is 51.1 Å². The number of carbonyl (C=O) groups excluding carboxylic acids is 1. The molecule has 1 rings (SSSR count). The minimum absolute atomic E-state index is 0.245. The van der Waals surface area contributed by atoms with Crippen molar-refractivity contribution in [3.63, 3.8) is 0 Å². The van der Waals surface area contributed by atoms with Gasteiger partial charge in [0.25, 0.3) is 0 Å². The molecule has 2 nitrogen and oxygen atoms in total. The summed E-state index contributed by atoms with van der Waals surface area (Å²) in [6.45, 7) is 6.82. The maximum atomic E-state index is 12.5. The highest BCUT2D eigenvalue weighted by Gasteiger charge is 2.36. The summed E-state index contributed by atoms with van der Waals surface area (Å²) in [6, 6.07) is 10.2. The van der Waals surface area contributed by atoms with Gasteiger partial charge < -0.3 is 4.74 Å². The quantitative estimate of drug-likeness (QED) is 0.667. The van der Waals surface area contributed by atoms with Crippen LogP contribution in [-0.4, -0.2) is 18.0 Å². The van der Waals surface area contributed by atoms with Gasteiger partial charge in [0.2, 0.25) is 0 Å². The monoisotopic (exact) mass is 262 g/mol.